The van der Waals surface area contributed by atoms with Crippen molar-refractivity contribution in [3.63, 3.8) is 0 Å². The molecule has 0 amide bonds. The second-order valence-corrected chi connectivity index (χ2v) is 6.65. The third-order valence-electron chi connectivity index (χ3n) is 5.25. The lowest BCUT2D eigenvalue weighted by atomic mass is 9.78. The summed E-state index contributed by atoms with van der Waals surface area (Å²) in [5.74, 6) is 1.34. The topological polar surface area (TPSA) is 29.3 Å². The normalized spacial score (nSPS) is 32.0. The molecule has 1 aliphatic heterocycles. The molecular weight excluding hydrogens is 251 g/mol. The van der Waals surface area contributed by atoms with Gasteiger partial charge in [-0.25, -0.2) is 4.39 Å². The Balaban J connectivity index is 1.60. The van der Waals surface area contributed by atoms with Crippen molar-refractivity contribution in [2.75, 3.05) is 13.1 Å². The molecule has 20 heavy (non-hydrogen) atoms. The number of hydrogen-bond donors (Lipinski definition) is 1. The van der Waals surface area contributed by atoms with E-state index < -0.39 is 0 Å². The molecule has 2 nitrogen and oxygen atoms in total. The first-order chi connectivity index (χ1) is 9.63. The number of hydrogen-bond acceptors (Lipinski definition) is 2. The van der Waals surface area contributed by atoms with Gasteiger partial charge in [0, 0.05) is 25.2 Å². The number of nitrogens with two attached hydrogens (primary N) is 1. The summed E-state index contributed by atoms with van der Waals surface area (Å²) in [5.41, 5.74) is 7.50. The lowest BCUT2D eigenvalue weighted by molar-refractivity contribution is 0.241. The van der Waals surface area contributed by atoms with Crippen LogP contribution in [-0.2, 0) is 6.42 Å². The molecule has 3 heteroatoms. The minimum absolute atomic E-state index is 0.153. The Morgan fingerprint density at radius 1 is 1.25 bits per heavy atom. The summed E-state index contributed by atoms with van der Waals surface area (Å²) < 4.78 is 12.9. The van der Waals surface area contributed by atoms with Gasteiger partial charge in [0.2, 0.25) is 0 Å². The van der Waals surface area contributed by atoms with Crippen molar-refractivity contribution in [1.82, 2.24) is 4.90 Å². The molecule has 3 rings (SSSR count). The molecule has 4 atom stereocenters. The fraction of sp³-hybridized carbons (Fsp3) is 0.647. The van der Waals surface area contributed by atoms with E-state index in [0.717, 1.165) is 18.9 Å². The number of halogens is 1. The molecule has 0 radical (unpaired) electrons. The van der Waals surface area contributed by atoms with Crippen molar-refractivity contribution in [3.8, 4) is 0 Å². The van der Waals surface area contributed by atoms with E-state index in [1.165, 1.54) is 31.4 Å². The van der Waals surface area contributed by atoms with Crippen LogP contribution in [0.4, 0.5) is 4.39 Å². The molecule has 110 valence electrons. The molecule has 2 fully saturated rings. The average molecular weight is 276 g/mol. The van der Waals surface area contributed by atoms with Crippen molar-refractivity contribution in [3.05, 3.63) is 35.6 Å². The van der Waals surface area contributed by atoms with E-state index in [2.05, 4.69) is 11.8 Å². The first-order valence-corrected chi connectivity index (χ1v) is 7.87. The summed E-state index contributed by atoms with van der Waals surface area (Å²) in [6.07, 6.45) is 4.83. The van der Waals surface area contributed by atoms with E-state index in [1.807, 2.05) is 12.1 Å². The maximum atomic E-state index is 12.9. The summed E-state index contributed by atoms with van der Waals surface area (Å²) >= 11 is 0. The van der Waals surface area contributed by atoms with Gasteiger partial charge in [0.25, 0.3) is 0 Å². The molecule has 2 N–H and O–H groups in total. The zero-order chi connectivity index (χ0) is 14.1. The van der Waals surface area contributed by atoms with Gasteiger partial charge in [-0.15, -0.1) is 0 Å². The molecule has 0 bridgehead atoms. The number of benzene rings is 1. The highest BCUT2D eigenvalue weighted by Crippen LogP contribution is 2.36. The molecule has 4 unspecified atom stereocenters. The molecule has 0 spiro atoms. The minimum Gasteiger partial charge on any atom is -0.327 e. The number of nitrogens with zero attached hydrogens (tertiary/aromatic N) is 1. The number of likely N-dealkylation sites (tertiary alicyclic amines) is 1. The van der Waals surface area contributed by atoms with E-state index in [9.17, 15) is 4.39 Å². The van der Waals surface area contributed by atoms with Crippen LogP contribution in [0.1, 0.15) is 31.7 Å². The third-order valence-corrected chi connectivity index (χ3v) is 5.25. The average Bonchev–Trinajstić information content (AvgIpc) is 2.87. The Morgan fingerprint density at radius 2 is 2.00 bits per heavy atom. The Labute approximate surface area is 121 Å². The molecule has 1 saturated carbocycles. The van der Waals surface area contributed by atoms with Crippen LogP contribution >= 0.6 is 0 Å². The summed E-state index contributed by atoms with van der Waals surface area (Å²) in [4.78, 5) is 2.59. The van der Waals surface area contributed by atoms with Crippen molar-refractivity contribution >= 4 is 0 Å². The van der Waals surface area contributed by atoms with Crippen molar-refractivity contribution in [1.29, 1.82) is 0 Å². The van der Waals surface area contributed by atoms with Crippen LogP contribution in [0.5, 0.6) is 0 Å². The van der Waals surface area contributed by atoms with Crippen LogP contribution < -0.4 is 5.73 Å². The third kappa shape index (κ3) is 2.89. The standard InChI is InChI=1S/C17H25FN2/c1-12(9-13-5-7-15(18)8-6-13)20-10-14-3-2-4-17(19)16(14)11-20/h5-8,12,14,16-17H,2-4,9-11,19H2,1H3. The predicted octanol–water partition coefficient (Wildman–Crippen LogP) is 2.82. The van der Waals surface area contributed by atoms with E-state index in [4.69, 9.17) is 5.73 Å². The summed E-state index contributed by atoms with van der Waals surface area (Å²) in [7, 11) is 0. The second kappa shape index (κ2) is 5.82. The fourth-order valence-electron chi connectivity index (χ4n) is 4.00. The summed E-state index contributed by atoms with van der Waals surface area (Å²) in [6.45, 7) is 4.63. The van der Waals surface area contributed by atoms with Crippen molar-refractivity contribution in [2.24, 2.45) is 17.6 Å². The molecule has 0 aromatic heterocycles. The van der Waals surface area contributed by atoms with E-state index in [1.54, 1.807) is 12.1 Å². The van der Waals surface area contributed by atoms with Crippen molar-refractivity contribution in [2.45, 2.75) is 44.7 Å². The Kier molecular flexibility index (Phi) is 4.08. The lowest BCUT2D eigenvalue weighted by Gasteiger charge is -2.30. The van der Waals surface area contributed by atoms with Gasteiger partial charge in [-0.1, -0.05) is 18.6 Å². The van der Waals surface area contributed by atoms with Gasteiger partial charge in [0.05, 0.1) is 0 Å². The van der Waals surface area contributed by atoms with E-state index >= 15 is 0 Å². The van der Waals surface area contributed by atoms with Crippen LogP contribution in [0.2, 0.25) is 0 Å². The monoisotopic (exact) mass is 276 g/mol. The lowest BCUT2D eigenvalue weighted by Crippen LogP contribution is -2.39. The molecule has 1 aromatic rings. The smallest absolute Gasteiger partial charge is 0.123 e. The molecule has 1 saturated heterocycles. The highest BCUT2D eigenvalue weighted by molar-refractivity contribution is 5.17. The van der Waals surface area contributed by atoms with Gasteiger partial charge in [-0.2, -0.15) is 0 Å². The maximum Gasteiger partial charge on any atom is 0.123 e. The predicted molar refractivity (Wildman–Crippen MR) is 79.9 cm³/mol. The molecule has 1 aromatic carbocycles. The highest BCUT2D eigenvalue weighted by atomic mass is 19.1. The van der Waals surface area contributed by atoms with Gasteiger partial charge in [-0.05, 0) is 55.7 Å². The fourth-order valence-corrected chi connectivity index (χ4v) is 4.00. The Morgan fingerprint density at radius 3 is 2.70 bits per heavy atom. The van der Waals surface area contributed by atoms with Crippen LogP contribution in [0.3, 0.4) is 0 Å². The SMILES string of the molecule is CC(Cc1ccc(F)cc1)N1CC2CCCC(N)C2C1. The molecule has 2 aliphatic rings. The molecule has 1 heterocycles. The first-order valence-electron chi connectivity index (χ1n) is 7.87. The number of rotatable bonds is 3. The molecular formula is C17H25FN2. The zero-order valence-corrected chi connectivity index (χ0v) is 12.3. The Bertz CT molecular complexity index is 445. The largest absolute Gasteiger partial charge is 0.327 e. The van der Waals surface area contributed by atoms with E-state index in [-0.39, 0.29) is 5.82 Å². The van der Waals surface area contributed by atoms with Gasteiger partial charge in [0.1, 0.15) is 5.82 Å². The van der Waals surface area contributed by atoms with Gasteiger partial charge >= 0.3 is 0 Å². The van der Waals surface area contributed by atoms with Crippen LogP contribution in [0.15, 0.2) is 24.3 Å². The zero-order valence-electron chi connectivity index (χ0n) is 12.3. The van der Waals surface area contributed by atoms with Gasteiger partial charge in [0.15, 0.2) is 0 Å². The van der Waals surface area contributed by atoms with Crippen LogP contribution in [-0.4, -0.2) is 30.1 Å². The van der Waals surface area contributed by atoms with Crippen molar-refractivity contribution < 1.29 is 4.39 Å². The summed E-state index contributed by atoms with van der Waals surface area (Å²) in [6, 6.07) is 7.83. The van der Waals surface area contributed by atoms with Gasteiger partial charge < -0.3 is 5.73 Å². The van der Waals surface area contributed by atoms with Gasteiger partial charge in [-0.3, -0.25) is 4.90 Å². The first kappa shape index (κ1) is 14.0. The van der Waals surface area contributed by atoms with E-state index in [0.29, 0.717) is 18.0 Å². The molecule has 1 aliphatic carbocycles. The quantitative estimate of drug-likeness (QED) is 0.920. The summed E-state index contributed by atoms with van der Waals surface area (Å²) in [5, 5.41) is 0. The Hall–Kier alpha value is -0.930. The van der Waals surface area contributed by atoms with Crippen LogP contribution in [0, 0.1) is 17.7 Å². The number of fused-ring (bicyclic) bond motifs is 1. The minimum atomic E-state index is -0.153. The second-order valence-electron chi connectivity index (χ2n) is 6.65. The van der Waals surface area contributed by atoms with Crippen LogP contribution in [0.25, 0.3) is 0 Å². The highest BCUT2D eigenvalue weighted by Gasteiger charge is 2.39. The maximum absolute atomic E-state index is 12.9.